The van der Waals surface area contributed by atoms with Crippen molar-refractivity contribution < 1.29 is 38.5 Å². The van der Waals surface area contributed by atoms with E-state index in [4.69, 9.17) is 14.2 Å². The van der Waals surface area contributed by atoms with Crippen molar-refractivity contribution in [1.82, 2.24) is 10.2 Å². The lowest BCUT2D eigenvalue weighted by molar-refractivity contribution is -0.152. The van der Waals surface area contributed by atoms with Crippen LogP contribution in [0.4, 0.5) is 0 Å². The minimum atomic E-state index is -1.74. The monoisotopic (exact) mass is 448 g/mol. The molecule has 0 spiro atoms. The molecule has 2 aliphatic rings. The summed E-state index contributed by atoms with van der Waals surface area (Å²) in [5.41, 5.74) is -2.31. The zero-order valence-corrected chi connectivity index (χ0v) is 19.1. The van der Waals surface area contributed by atoms with Crippen molar-refractivity contribution in [2.75, 3.05) is 21.3 Å². The summed E-state index contributed by atoms with van der Waals surface area (Å²) >= 11 is 0. The molecule has 10 heteroatoms. The van der Waals surface area contributed by atoms with Crippen LogP contribution < -0.4 is 14.8 Å². The standard InChI is InChI=1S/C22H28N2O8/c1-21(2,3)24-17(25)14-15(18(24)26)22(4,20(28)29)23-16(14)11-8-10(30-5)9-12(31-6)13(11)19(27)32-7/h8-9,14-16,23H,1-7H3,(H,28,29). The van der Waals surface area contributed by atoms with E-state index in [1.54, 1.807) is 20.8 Å². The average Bonchev–Trinajstić information content (AvgIpc) is 3.19. The Morgan fingerprint density at radius 2 is 1.72 bits per heavy atom. The number of benzene rings is 1. The number of amides is 2. The smallest absolute Gasteiger partial charge is 0.341 e. The number of nitrogens with zero attached hydrogens (tertiary/aromatic N) is 1. The zero-order chi connectivity index (χ0) is 24.2. The predicted molar refractivity (Wildman–Crippen MR) is 111 cm³/mol. The molecule has 0 radical (unpaired) electrons. The van der Waals surface area contributed by atoms with Crippen LogP contribution in [0.25, 0.3) is 0 Å². The summed E-state index contributed by atoms with van der Waals surface area (Å²) in [6.45, 7) is 6.50. The summed E-state index contributed by atoms with van der Waals surface area (Å²) in [5.74, 6) is -4.83. The van der Waals surface area contributed by atoms with Crippen LogP contribution in [-0.2, 0) is 19.1 Å². The van der Waals surface area contributed by atoms with E-state index < -0.39 is 52.7 Å². The van der Waals surface area contributed by atoms with Gasteiger partial charge in [-0.2, -0.15) is 0 Å². The van der Waals surface area contributed by atoms with Gasteiger partial charge >= 0.3 is 11.9 Å². The predicted octanol–water partition coefficient (Wildman–Crippen LogP) is 1.38. The molecule has 2 N–H and O–H groups in total. The fraction of sp³-hybridized carbons (Fsp3) is 0.545. The molecule has 10 nitrogen and oxygen atoms in total. The fourth-order valence-electron chi connectivity index (χ4n) is 4.72. The number of imide groups is 1. The van der Waals surface area contributed by atoms with Gasteiger partial charge in [0, 0.05) is 17.6 Å². The minimum absolute atomic E-state index is 0.0242. The molecule has 3 rings (SSSR count). The summed E-state index contributed by atoms with van der Waals surface area (Å²) in [7, 11) is 3.99. The van der Waals surface area contributed by atoms with Crippen LogP contribution in [0.1, 0.15) is 49.7 Å². The van der Waals surface area contributed by atoms with Gasteiger partial charge in [0.15, 0.2) is 0 Å². The first kappa shape index (κ1) is 23.5. The third-order valence-electron chi connectivity index (χ3n) is 6.19. The number of carboxylic acids is 1. The van der Waals surface area contributed by atoms with Crippen LogP contribution >= 0.6 is 0 Å². The number of carboxylic acid groups (broad SMARTS) is 1. The molecule has 4 unspecified atom stereocenters. The first-order valence-corrected chi connectivity index (χ1v) is 10.1. The third kappa shape index (κ3) is 3.29. The second-order valence-corrected chi connectivity index (χ2v) is 9.10. The number of methoxy groups -OCH3 is 3. The van der Waals surface area contributed by atoms with Gasteiger partial charge in [0.2, 0.25) is 11.8 Å². The maximum Gasteiger partial charge on any atom is 0.341 e. The van der Waals surface area contributed by atoms with Crippen LogP contribution in [0.5, 0.6) is 11.5 Å². The average molecular weight is 448 g/mol. The van der Waals surface area contributed by atoms with Crippen LogP contribution in [0.3, 0.4) is 0 Å². The molecule has 0 saturated carbocycles. The van der Waals surface area contributed by atoms with Gasteiger partial charge in [-0.1, -0.05) is 0 Å². The highest BCUT2D eigenvalue weighted by Crippen LogP contribution is 2.51. The zero-order valence-electron chi connectivity index (χ0n) is 19.1. The number of nitrogens with one attached hydrogen (secondary N) is 1. The molecule has 2 aliphatic heterocycles. The molecule has 0 bridgehead atoms. The first-order valence-electron chi connectivity index (χ1n) is 10.1. The summed E-state index contributed by atoms with van der Waals surface area (Å²) < 4.78 is 15.6. The number of ether oxygens (including phenoxy) is 3. The van der Waals surface area contributed by atoms with Crippen molar-refractivity contribution in [2.45, 2.75) is 44.8 Å². The van der Waals surface area contributed by atoms with Crippen LogP contribution in [0, 0.1) is 11.8 Å². The highest BCUT2D eigenvalue weighted by atomic mass is 16.5. The molecule has 2 fully saturated rings. The molecule has 2 amide bonds. The number of hydrogen-bond donors (Lipinski definition) is 2. The SMILES string of the molecule is COC(=O)c1c(OC)cc(OC)cc1C1NC(C)(C(=O)O)C2C(=O)N(C(C)(C)C)C(=O)C12. The second-order valence-electron chi connectivity index (χ2n) is 9.10. The maximum atomic E-state index is 13.5. The van der Waals surface area contributed by atoms with E-state index in [1.807, 2.05) is 0 Å². The normalized spacial score (nSPS) is 27.3. The van der Waals surface area contributed by atoms with Gasteiger partial charge < -0.3 is 19.3 Å². The lowest BCUT2D eigenvalue weighted by atomic mass is 9.80. The van der Waals surface area contributed by atoms with E-state index >= 15 is 0 Å². The molecular weight excluding hydrogens is 420 g/mol. The molecule has 0 aliphatic carbocycles. The first-order chi connectivity index (χ1) is 14.8. The number of carbonyl (C=O) groups is 4. The van der Waals surface area contributed by atoms with Crippen molar-refractivity contribution in [2.24, 2.45) is 11.8 Å². The van der Waals surface area contributed by atoms with Gasteiger partial charge in [0.25, 0.3) is 0 Å². The molecule has 174 valence electrons. The summed E-state index contributed by atoms with van der Waals surface area (Å²) in [6, 6.07) is 2.03. The summed E-state index contributed by atoms with van der Waals surface area (Å²) in [5, 5.41) is 13.0. The largest absolute Gasteiger partial charge is 0.497 e. The number of carbonyl (C=O) groups excluding carboxylic acids is 3. The number of fused-ring (bicyclic) bond motifs is 1. The number of hydrogen-bond acceptors (Lipinski definition) is 8. The van der Waals surface area contributed by atoms with E-state index in [0.717, 1.165) is 4.90 Å². The van der Waals surface area contributed by atoms with Gasteiger partial charge in [0.1, 0.15) is 22.6 Å². The van der Waals surface area contributed by atoms with Crippen molar-refractivity contribution in [3.63, 3.8) is 0 Å². The Morgan fingerprint density at radius 3 is 2.19 bits per heavy atom. The van der Waals surface area contributed by atoms with Crippen molar-refractivity contribution in [1.29, 1.82) is 0 Å². The van der Waals surface area contributed by atoms with Gasteiger partial charge in [-0.05, 0) is 39.3 Å². The van der Waals surface area contributed by atoms with Crippen LogP contribution in [-0.4, -0.2) is 66.2 Å². The highest BCUT2D eigenvalue weighted by molar-refractivity contribution is 6.10. The molecule has 2 saturated heterocycles. The van der Waals surface area contributed by atoms with Crippen LogP contribution in [0.2, 0.25) is 0 Å². The van der Waals surface area contributed by atoms with Crippen LogP contribution in [0.15, 0.2) is 12.1 Å². The summed E-state index contributed by atoms with van der Waals surface area (Å²) in [6.07, 6.45) is 0. The minimum Gasteiger partial charge on any atom is -0.497 e. The topological polar surface area (TPSA) is 131 Å². The Kier molecular flexibility index (Phi) is 5.71. The second kappa shape index (κ2) is 7.77. The Hall–Kier alpha value is -3.14. The van der Waals surface area contributed by atoms with E-state index in [0.29, 0.717) is 5.75 Å². The van der Waals surface area contributed by atoms with Gasteiger partial charge in [-0.3, -0.25) is 24.6 Å². The highest BCUT2D eigenvalue weighted by Gasteiger charge is 2.68. The Balaban J connectivity index is 2.29. The lowest BCUT2D eigenvalue weighted by Gasteiger charge is -2.34. The summed E-state index contributed by atoms with van der Waals surface area (Å²) in [4.78, 5) is 52.9. The van der Waals surface area contributed by atoms with E-state index in [9.17, 15) is 24.3 Å². The Morgan fingerprint density at radius 1 is 1.09 bits per heavy atom. The fourth-order valence-corrected chi connectivity index (χ4v) is 4.72. The molecule has 1 aromatic rings. The third-order valence-corrected chi connectivity index (χ3v) is 6.19. The van der Waals surface area contributed by atoms with E-state index in [1.165, 1.54) is 40.4 Å². The maximum absolute atomic E-state index is 13.5. The van der Waals surface area contributed by atoms with Crippen molar-refractivity contribution >= 4 is 23.8 Å². The number of rotatable bonds is 5. The van der Waals surface area contributed by atoms with Gasteiger partial charge in [-0.15, -0.1) is 0 Å². The molecule has 2 heterocycles. The van der Waals surface area contributed by atoms with Crippen molar-refractivity contribution in [3.05, 3.63) is 23.3 Å². The Bertz CT molecular complexity index is 998. The van der Waals surface area contributed by atoms with E-state index in [-0.39, 0.29) is 16.9 Å². The number of esters is 1. The molecule has 4 atom stereocenters. The number of aliphatic carboxylic acids is 1. The van der Waals surface area contributed by atoms with Crippen molar-refractivity contribution in [3.8, 4) is 11.5 Å². The Labute approximate surface area is 185 Å². The molecule has 0 aromatic heterocycles. The van der Waals surface area contributed by atoms with Gasteiger partial charge in [0.05, 0.1) is 33.2 Å². The molecule has 1 aromatic carbocycles. The molecular formula is C22H28N2O8. The van der Waals surface area contributed by atoms with Gasteiger partial charge in [-0.25, -0.2) is 4.79 Å². The molecule has 32 heavy (non-hydrogen) atoms. The quantitative estimate of drug-likeness (QED) is 0.506. The number of likely N-dealkylation sites (tertiary alicyclic amines) is 1. The lowest BCUT2D eigenvalue weighted by Crippen LogP contribution is -2.55. The van der Waals surface area contributed by atoms with E-state index in [2.05, 4.69) is 5.32 Å².